The molecular formula is C14H19N3O2. The number of hydrogen-bond donors (Lipinski definition) is 1. The summed E-state index contributed by atoms with van der Waals surface area (Å²) >= 11 is 0. The second-order valence-corrected chi connectivity index (χ2v) is 4.14. The van der Waals surface area contributed by atoms with E-state index in [1.165, 1.54) is 0 Å². The van der Waals surface area contributed by atoms with Gasteiger partial charge >= 0.3 is 0 Å². The highest BCUT2D eigenvalue weighted by Crippen LogP contribution is 2.27. The molecular weight excluding hydrogens is 242 g/mol. The van der Waals surface area contributed by atoms with Crippen LogP contribution >= 0.6 is 0 Å². The number of ether oxygens (including phenoxy) is 2. The topological polar surface area (TPSA) is 48.3 Å². The van der Waals surface area contributed by atoms with Gasteiger partial charge in [-0.1, -0.05) is 6.07 Å². The Hall–Kier alpha value is -2.01. The first-order valence-corrected chi connectivity index (χ1v) is 6.22. The lowest BCUT2D eigenvalue weighted by Crippen LogP contribution is -2.19. The molecule has 19 heavy (non-hydrogen) atoms. The van der Waals surface area contributed by atoms with Gasteiger partial charge in [-0.25, -0.2) is 0 Å². The minimum atomic E-state index is 0.753. The second kappa shape index (κ2) is 6.80. The number of aromatic nitrogens is 2. The molecule has 1 N–H and O–H groups in total. The van der Waals surface area contributed by atoms with Gasteiger partial charge in [-0.2, -0.15) is 5.10 Å². The van der Waals surface area contributed by atoms with E-state index in [1.807, 2.05) is 35.1 Å². The van der Waals surface area contributed by atoms with Crippen LogP contribution in [-0.4, -0.2) is 30.5 Å². The first-order chi connectivity index (χ1) is 9.33. The van der Waals surface area contributed by atoms with Gasteiger partial charge in [-0.15, -0.1) is 0 Å². The lowest BCUT2D eigenvalue weighted by atomic mass is 10.2. The van der Waals surface area contributed by atoms with Gasteiger partial charge < -0.3 is 14.8 Å². The zero-order valence-electron chi connectivity index (χ0n) is 11.3. The Balaban J connectivity index is 1.82. The van der Waals surface area contributed by atoms with Crippen molar-refractivity contribution in [2.75, 3.05) is 20.8 Å². The average molecular weight is 261 g/mol. The quantitative estimate of drug-likeness (QED) is 0.771. The van der Waals surface area contributed by atoms with Crippen molar-refractivity contribution in [1.82, 2.24) is 15.1 Å². The van der Waals surface area contributed by atoms with E-state index in [9.17, 15) is 0 Å². The van der Waals surface area contributed by atoms with Crippen molar-refractivity contribution in [2.45, 2.75) is 13.1 Å². The molecule has 0 spiro atoms. The molecule has 5 nitrogen and oxygen atoms in total. The molecule has 0 bridgehead atoms. The van der Waals surface area contributed by atoms with Crippen molar-refractivity contribution in [3.63, 3.8) is 0 Å². The lowest BCUT2D eigenvalue weighted by Gasteiger charge is -2.10. The lowest BCUT2D eigenvalue weighted by molar-refractivity contribution is 0.354. The minimum absolute atomic E-state index is 0.753. The average Bonchev–Trinajstić information content (AvgIpc) is 2.96. The summed E-state index contributed by atoms with van der Waals surface area (Å²) in [5.74, 6) is 1.51. The van der Waals surface area contributed by atoms with Crippen LogP contribution in [0.2, 0.25) is 0 Å². The first-order valence-electron chi connectivity index (χ1n) is 6.22. The molecule has 2 aromatic rings. The number of benzene rings is 1. The smallest absolute Gasteiger partial charge is 0.161 e. The molecule has 0 atom stereocenters. The van der Waals surface area contributed by atoms with Crippen LogP contribution in [0.5, 0.6) is 11.5 Å². The fourth-order valence-electron chi connectivity index (χ4n) is 1.85. The summed E-state index contributed by atoms with van der Waals surface area (Å²) in [6, 6.07) is 7.86. The maximum Gasteiger partial charge on any atom is 0.161 e. The summed E-state index contributed by atoms with van der Waals surface area (Å²) in [6.07, 6.45) is 3.74. The van der Waals surface area contributed by atoms with E-state index in [0.717, 1.165) is 36.7 Å². The van der Waals surface area contributed by atoms with E-state index in [1.54, 1.807) is 20.4 Å². The normalized spacial score (nSPS) is 10.4. The zero-order valence-corrected chi connectivity index (χ0v) is 11.3. The summed E-state index contributed by atoms with van der Waals surface area (Å²) in [6.45, 7) is 2.53. The van der Waals surface area contributed by atoms with Crippen molar-refractivity contribution in [1.29, 1.82) is 0 Å². The molecule has 0 aliphatic carbocycles. The third-order valence-corrected chi connectivity index (χ3v) is 2.85. The fourth-order valence-corrected chi connectivity index (χ4v) is 1.85. The molecule has 102 valence electrons. The summed E-state index contributed by atoms with van der Waals surface area (Å²) in [5.41, 5.74) is 1.16. The fraction of sp³-hybridized carbons (Fsp3) is 0.357. The van der Waals surface area contributed by atoms with Gasteiger partial charge in [0.2, 0.25) is 0 Å². The number of rotatable bonds is 7. The van der Waals surface area contributed by atoms with Gasteiger partial charge in [0.15, 0.2) is 11.5 Å². The molecule has 1 aromatic heterocycles. The molecule has 0 amide bonds. The molecule has 0 aliphatic heterocycles. The second-order valence-electron chi connectivity index (χ2n) is 4.14. The van der Waals surface area contributed by atoms with Gasteiger partial charge in [0, 0.05) is 25.5 Å². The molecule has 0 saturated carbocycles. The Labute approximate surface area is 113 Å². The van der Waals surface area contributed by atoms with Gasteiger partial charge in [-0.3, -0.25) is 4.68 Å². The van der Waals surface area contributed by atoms with Crippen LogP contribution in [0.3, 0.4) is 0 Å². The van der Waals surface area contributed by atoms with Crippen LogP contribution in [0.15, 0.2) is 36.7 Å². The highest BCUT2D eigenvalue weighted by molar-refractivity contribution is 5.42. The number of hydrogen-bond acceptors (Lipinski definition) is 4. The molecule has 0 unspecified atom stereocenters. The van der Waals surface area contributed by atoms with E-state index in [2.05, 4.69) is 10.4 Å². The number of nitrogens with one attached hydrogen (secondary N) is 1. The van der Waals surface area contributed by atoms with Gasteiger partial charge in [0.1, 0.15) is 0 Å². The third kappa shape index (κ3) is 3.72. The van der Waals surface area contributed by atoms with E-state index in [-0.39, 0.29) is 0 Å². The molecule has 2 rings (SSSR count). The van der Waals surface area contributed by atoms with E-state index in [0.29, 0.717) is 0 Å². The van der Waals surface area contributed by atoms with Crippen molar-refractivity contribution in [2.24, 2.45) is 0 Å². The largest absolute Gasteiger partial charge is 0.493 e. The molecule has 0 saturated heterocycles. The molecule has 1 heterocycles. The van der Waals surface area contributed by atoms with Crippen molar-refractivity contribution >= 4 is 0 Å². The first kappa shape index (κ1) is 13.4. The van der Waals surface area contributed by atoms with Crippen molar-refractivity contribution in [3.8, 4) is 11.5 Å². The van der Waals surface area contributed by atoms with Crippen LogP contribution in [-0.2, 0) is 13.1 Å². The molecule has 0 radical (unpaired) electrons. The minimum Gasteiger partial charge on any atom is -0.493 e. The predicted molar refractivity (Wildman–Crippen MR) is 73.5 cm³/mol. The maximum absolute atomic E-state index is 5.28. The van der Waals surface area contributed by atoms with E-state index < -0.39 is 0 Å². The highest BCUT2D eigenvalue weighted by Gasteiger charge is 2.03. The molecule has 5 heteroatoms. The monoisotopic (exact) mass is 261 g/mol. The summed E-state index contributed by atoms with van der Waals surface area (Å²) < 4.78 is 12.4. The van der Waals surface area contributed by atoms with Crippen LogP contribution in [0.25, 0.3) is 0 Å². The van der Waals surface area contributed by atoms with Gasteiger partial charge in [0.25, 0.3) is 0 Å². The molecule has 0 aliphatic rings. The van der Waals surface area contributed by atoms with E-state index >= 15 is 0 Å². The SMILES string of the molecule is COc1ccc(CNCCn2cccn2)cc1OC. The van der Waals surface area contributed by atoms with Crippen LogP contribution in [0, 0.1) is 0 Å². The Morgan fingerprint density at radius 2 is 2.05 bits per heavy atom. The number of nitrogens with zero attached hydrogens (tertiary/aromatic N) is 2. The van der Waals surface area contributed by atoms with Crippen LogP contribution < -0.4 is 14.8 Å². The standard InChI is InChI=1S/C14H19N3O2/c1-18-13-5-4-12(10-14(13)19-2)11-15-7-9-17-8-3-6-16-17/h3-6,8,10,15H,7,9,11H2,1-2H3. The van der Waals surface area contributed by atoms with Crippen molar-refractivity contribution < 1.29 is 9.47 Å². The molecule has 0 fully saturated rings. The van der Waals surface area contributed by atoms with Gasteiger partial charge in [0.05, 0.1) is 20.8 Å². The van der Waals surface area contributed by atoms with Crippen molar-refractivity contribution in [3.05, 3.63) is 42.2 Å². The Morgan fingerprint density at radius 1 is 1.21 bits per heavy atom. The summed E-state index contributed by atoms with van der Waals surface area (Å²) in [7, 11) is 3.28. The van der Waals surface area contributed by atoms with Crippen LogP contribution in [0.4, 0.5) is 0 Å². The van der Waals surface area contributed by atoms with E-state index in [4.69, 9.17) is 9.47 Å². The Morgan fingerprint density at radius 3 is 2.74 bits per heavy atom. The van der Waals surface area contributed by atoms with Crippen LogP contribution in [0.1, 0.15) is 5.56 Å². The van der Waals surface area contributed by atoms with Gasteiger partial charge in [-0.05, 0) is 23.8 Å². The molecule has 1 aromatic carbocycles. The summed E-state index contributed by atoms with van der Waals surface area (Å²) in [5, 5.41) is 7.52. The predicted octanol–water partition coefficient (Wildman–Crippen LogP) is 1.69. The maximum atomic E-state index is 5.28. The summed E-state index contributed by atoms with van der Waals surface area (Å²) in [4.78, 5) is 0. The Kier molecular flexibility index (Phi) is 4.80. The number of methoxy groups -OCH3 is 2. The Bertz CT molecular complexity index is 497. The zero-order chi connectivity index (χ0) is 13.5. The highest BCUT2D eigenvalue weighted by atomic mass is 16.5. The third-order valence-electron chi connectivity index (χ3n) is 2.85.